The second-order valence-corrected chi connectivity index (χ2v) is 7.90. The molecule has 5 aromatic carbocycles. The van der Waals surface area contributed by atoms with Crippen molar-refractivity contribution in [3.63, 3.8) is 0 Å². The highest BCUT2D eigenvalue weighted by atomic mass is 16.3. The maximum Gasteiger partial charge on any atom is 0.273 e. The molecule has 0 radical (unpaired) electrons. The normalized spacial score (nSPS) is 18.0. The van der Waals surface area contributed by atoms with Crippen molar-refractivity contribution in [2.45, 2.75) is 5.60 Å². The minimum absolute atomic E-state index is 0.360. The zero-order valence-corrected chi connectivity index (χ0v) is 16.7. The summed E-state index contributed by atoms with van der Waals surface area (Å²) in [7, 11) is 0. The second kappa shape index (κ2) is 6.53. The van der Waals surface area contributed by atoms with Crippen LogP contribution >= 0.6 is 0 Å². The Morgan fingerprint density at radius 1 is 0.645 bits per heavy atom. The molecule has 3 heteroatoms. The van der Waals surface area contributed by atoms with Gasteiger partial charge in [0.05, 0.1) is 11.4 Å². The van der Waals surface area contributed by atoms with Crippen LogP contribution in [0.5, 0.6) is 0 Å². The fourth-order valence-electron chi connectivity index (χ4n) is 4.77. The minimum atomic E-state index is -1.74. The van der Waals surface area contributed by atoms with Crippen LogP contribution in [0.15, 0.2) is 109 Å². The predicted octanol–water partition coefficient (Wildman–Crippen LogP) is 5.91. The van der Waals surface area contributed by atoms with Crippen molar-refractivity contribution < 1.29 is 9.90 Å². The summed E-state index contributed by atoms with van der Waals surface area (Å²) in [5.41, 5.74) is 0.941. The molecule has 1 aliphatic heterocycles. The van der Waals surface area contributed by atoms with E-state index in [-0.39, 0.29) is 5.91 Å². The molecular weight excluding hydrogens is 382 g/mol. The fraction of sp³-hybridized carbons (Fsp3) is 0.0357. The van der Waals surface area contributed by atoms with Crippen molar-refractivity contribution >= 4 is 38.8 Å². The number of aliphatic hydroxyl groups is 1. The van der Waals surface area contributed by atoms with E-state index in [1.54, 1.807) is 17.0 Å². The third-order valence-corrected chi connectivity index (χ3v) is 6.21. The van der Waals surface area contributed by atoms with E-state index in [9.17, 15) is 9.90 Å². The molecule has 1 heterocycles. The van der Waals surface area contributed by atoms with Gasteiger partial charge in [0.1, 0.15) is 0 Å². The first-order valence-electron chi connectivity index (χ1n) is 10.3. The van der Waals surface area contributed by atoms with Crippen molar-refractivity contribution in [1.82, 2.24) is 0 Å². The Kier molecular flexibility index (Phi) is 3.76. The summed E-state index contributed by atoms with van der Waals surface area (Å²) in [5, 5.41) is 15.9. The number of carbonyl (C=O) groups is 1. The molecule has 1 atom stereocenters. The number of para-hydroxylation sites is 1. The topological polar surface area (TPSA) is 40.5 Å². The molecule has 0 aliphatic carbocycles. The van der Waals surface area contributed by atoms with Crippen LogP contribution in [-0.4, -0.2) is 11.0 Å². The Morgan fingerprint density at radius 2 is 1.19 bits per heavy atom. The first kappa shape index (κ1) is 17.9. The lowest BCUT2D eigenvalue weighted by Crippen LogP contribution is -2.39. The zero-order valence-electron chi connectivity index (χ0n) is 16.7. The van der Waals surface area contributed by atoms with E-state index in [4.69, 9.17) is 0 Å². The van der Waals surface area contributed by atoms with Crippen LogP contribution in [0, 0.1) is 0 Å². The first-order valence-corrected chi connectivity index (χ1v) is 10.3. The average molecular weight is 401 g/mol. The van der Waals surface area contributed by atoms with Gasteiger partial charge in [-0.25, -0.2) is 0 Å². The van der Waals surface area contributed by atoms with Gasteiger partial charge in [-0.1, -0.05) is 97.1 Å². The van der Waals surface area contributed by atoms with Crippen LogP contribution in [0.2, 0.25) is 0 Å². The molecule has 0 fully saturated rings. The smallest absolute Gasteiger partial charge is 0.273 e. The van der Waals surface area contributed by atoms with Crippen molar-refractivity contribution in [2.75, 3.05) is 4.90 Å². The number of nitrogens with zero attached hydrogens (tertiary/aromatic N) is 1. The van der Waals surface area contributed by atoms with E-state index in [2.05, 4.69) is 18.2 Å². The summed E-state index contributed by atoms with van der Waals surface area (Å²) in [6.07, 6.45) is 0. The Bertz CT molecular complexity index is 1420. The van der Waals surface area contributed by atoms with Gasteiger partial charge in [-0.2, -0.15) is 0 Å². The number of benzene rings is 5. The number of anilines is 2. The molecule has 0 saturated carbocycles. The van der Waals surface area contributed by atoms with E-state index in [0.29, 0.717) is 16.8 Å². The third kappa shape index (κ3) is 2.41. The Hall–Kier alpha value is -3.95. The van der Waals surface area contributed by atoms with Crippen LogP contribution in [0.4, 0.5) is 11.4 Å². The standard InChI is InChI=1S/C28H19NO2/c30-27-28(31,21-12-2-1-3-13-21)24-16-8-9-17-25(24)29(27)26-22-14-6-4-10-19(22)18-20-11-5-7-15-23(20)26/h1-18,31H. The van der Waals surface area contributed by atoms with E-state index in [1.807, 2.05) is 78.9 Å². The highest BCUT2D eigenvalue weighted by Gasteiger charge is 2.52. The summed E-state index contributed by atoms with van der Waals surface area (Å²) < 4.78 is 0. The van der Waals surface area contributed by atoms with E-state index < -0.39 is 5.60 Å². The van der Waals surface area contributed by atoms with Crippen LogP contribution in [0.3, 0.4) is 0 Å². The van der Waals surface area contributed by atoms with Gasteiger partial charge >= 0.3 is 0 Å². The first-order chi connectivity index (χ1) is 15.2. The lowest BCUT2D eigenvalue weighted by molar-refractivity contribution is -0.131. The van der Waals surface area contributed by atoms with Crippen molar-refractivity contribution in [3.8, 4) is 0 Å². The van der Waals surface area contributed by atoms with E-state index >= 15 is 0 Å². The van der Waals surface area contributed by atoms with Crippen LogP contribution in [0.25, 0.3) is 21.5 Å². The highest BCUT2D eigenvalue weighted by molar-refractivity contribution is 6.23. The largest absolute Gasteiger partial charge is 0.372 e. The second-order valence-electron chi connectivity index (χ2n) is 7.90. The number of amides is 1. The van der Waals surface area contributed by atoms with Gasteiger partial charge in [-0.3, -0.25) is 9.69 Å². The molecule has 1 unspecified atom stereocenters. The molecule has 31 heavy (non-hydrogen) atoms. The summed E-state index contributed by atoms with van der Waals surface area (Å²) in [5.74, 6) is -0.360. The highest BCUT2D eigenvalue weighted by Crippen LogP contribution is 2.50. The molecule has 0 aromatic heterocycles. The quantitative estimate of drug-likeness (QED) is 0.374. The number of rotatable bonds is 2. The predicted molar refractivity (Wildman–Crippen MR) is 124 cm³/mol. The van der Waals surface area contributed by atoms with Gasteiger partial charge in [0.2, 0.25) is 0 Å². The maximum atomic E-state index is 14.0. The van der Waals surface area contributed by atoms with E-state index in [0.717, 1.165) is 27.2 Å². The van der Waals surface area contributed by atoms with Crippen molar-refractivity contribution in [2.24, 2.45) is 0 Å². The summed E-state index contributed by atoms with van der Waals surface area (Å²) in [6, 6.07) is 35.0. The number of hydrogen-bond donors (Lipinski definition) is 1. The van der Waals surface area contributed by atoms with E-state index in [1.165, 1.54) is 0 Å². The molecule has 5 aromatic rings. The Labute approximate surface area is 179 Å². The monoisotopic (exact) mass is 401 g/mol. The number of hydrogen-bond acceptors (Lipinski definition) is 2. The van der Waals surface area contributed by atoms with Crippen LogP contribution < -0.4 is 4.90 Å². The lowest BCUT2D eigenvalue weighted by Gasteiger charge is -2.25. The molecule has 0 spiro atoms. The van der Waals surface area contributed by atoms with Gasteiger partial charge in [-0.15, -0.1) is 0 Å². The van der Waals surface area contributed by atoms with Gasteiger partial charge < -0.3 is 5.11 Å². The lowest BCUT2D eigenvalue weighted by atomic mass is 9.87. The van der Waals surface area contributed by atoms with Gasteiger partial charge in [0.25, 0.3) is 5.91 Å². The summed E-state index contributed by atoms with van der Waals surface area (Å²) in [6.45, 7) is 0. The molecule has 0 saturated heterocycles. The summed E-state index contributed by atoms with van der Waals surface area (Å²) in [4.78, 5) is 15.7. The Balaban J connectivity index is 1.72. The molecule has 6 rings (SSSR count). The maximum absolute atomic E-state index is 14.0. The van der Waals surface area contributed by atoms with Crippen LogP contribution in [0.1, 0.15) is 11.1 Å². The SMILES string of the molecule is O=C1N(c2c3ccccc3cc3ccccc23)c2ccccc2C1(O)c1ccccc1. The van der Waals surface area contributed by atoms with Crippen molar-refractivity contribution in [3.05, 3.63) is 120 Å². The third-order valence-electron chi connectivity index (χ3n) is 6.21. The average Bonchev–Trinajstić information content (AvgIpc) is 3.06. The molecule has 148 valence electrons. The zero-order chi connectivity index (χ0) is 21.0. The molecule has 3 nitrogen and oxygen atoms in total. The van der Waals surface area contributed by atoms with Gasteiger partial charge in [0.15, 0.2) is 5.60 Å². The number of fused-ring (bicyclic) bond motifs is 3. The molecule has 1 aliphatic rings. The molecule has 1 amide bonds. The minimum Gasteiger partial charge on any atom is -0.372 e. The fourth-order valence-corrected chi connectivity index (χ4v) is 4.77. The Morgan fingerprint density at radius 3 is 1.87 bits per heavy atom. The van der Waals surface area contributed by atoms with Gasteiger partial charge in [-0.05, 0) is 28.5 Å². The molecule has 0 bridgehead atoms. The van der Waals surface area contributed by atoms with Gasteiger partial charge in [0, 0.05) is 16.3 Å². The number of carbonyl (C=O) groups excluding carboxylic acids is 1. The molecular formula is C28H19NO2. The molecule has 1 N–H and O–H groups in total. The summed E-state index contributed by atoms with van der Waals surface area (Å²) >= 11 is 0. The van der Waals surface area contributed by atoms with Crippen molar-refractivity contribution in [1.29, 1.82) is 0 Å². The van der Waals surface area contributed by atoms with Crippen LogP contribution in [-0.2, 0) is 10.4 Å².